The standard InChI is InChI=1S/C29H44O6/c1-9-15(2)21(30)20-22(31)18-14-17-11-10-16(3)23-24(34-23)19(28(6,7)33)12-13-29(17,8)35-26(18)27(4,5)25(20)32/h15-17,19,23-24,31,33H,9-14H2,1-8H3/t15-,16+,17+,19-,23+,24+,29-/m1/s1. The number of epoxide rings is 1. The maximum atomic E-state index is 13.5. The topological polar surface area (TPSA) is 96.4 Å². The number of ketones is 2. The van der Waals surface area contributed by atoms with Crippen molar-refractivity contribution in [2.75, 3.05) is 0 Å². The van der Waals surface area contributed by atoms with Crippen molar-refractivity contribution in [3.05, 3.63) is 22.7 Å². The minimum Gasteiger partial charge on any atom is -0.507 e. The van der Waals surface area contributed by atoms with Crippen LogP contribution in [0.15, 0.2) is 22.7 Å². The maximum Gasteiger partial charge on any atom is 0.183 e. The number of Topliss-reactive ketones (excluding diaryl/α,β-unsaturated/α-hetero) is 2. The minimum absolute atomic E-state index is 0.00134. The van der Waals surface area contributed by atoms with E-state index in [1.165, 1.54) is 0 Å². The Morgan fingerprint density at radius 3 is 2.43 bits per heavy atom. The van der Waals surface area contributed by atoms with Crippen molar-refractivity contribution in [3.63, 3.8) is 0 Å². The Hall–Kier alpha value is -1.66. The second-order valence-corrected chi connectivity index (χ2v) is 12.9. The molecular weight excluding hydrogens is 444 g/mol. The Morgan fingerprint density at radius 1 is 1.17 bits per heavy atom. The molecule has 4 aliphatic rings. The van der Waals surface area contributed by atoms with Gasteiger partial charge in [-0.1, -0.05) is 20.8 Å². The van der Waals surface area contributed by atoms with Gasteiger partial charge in [-0.05, 0) is 79.1 Å². The summed E-state index contributed by atoms with van der Waals surface area (Å²) in [5.74, 6) is -0.175. The van der Waals surface area contributed by atoms with Gasteiger partial charge in [-0.2, -0.15) is 0 Å². The summed E-state index contributed by atoms with van der Waals surface area (Å²) in [4.78, 5) is 26.7. The quantitative estimate of drug-likeness (QED) is 0.404. The average molecular weight is 489 g/mol. The Bertz CT molecular complexity index is 966. The first-order chi connectivity index (χ1) is 16.1. The monoisotopic (exact) mass is 488 g/mol. The summed E-state index contributed by atoms with van der Waals surface area (Å²) in [6.45, 7) is 15.4. The van der Waals surface area contributed by atoms with E-state index in [1.807, 2.05) is 20.8 Å². The van der Waals surface area contributed by atoms with E-state index < -0.39 is 16.6 Å². The van der Waals surface area contributed by atoms with Gasteiger partial charge < -0.3 is 19.7 Å². The number of hydrogen-bond donors (Lipinski definition) is 2. The predicted molar refractivity (Wildman–Crippen MR) is 134 cm³/mol. The van der Waals surface area contributed by atoms with E-state index in [0.29, 0.717) is 30.1 Å². The summed E-state index contributed by atoms with van der Waals surface area (Å²) in [6, 6.07) is 0. The smallest absolute Gasteiger partial charge is 0.183 e. The van der Waals surface area contributed by atoms with Gasteiger partial charge in [0.05, 0.1) is 23.2 Å². The maximum absolute atomic E-state index is 13.5. The van der Waals surface area contributed by atoms with Gasteiger partial charge in [-0.3, -0.25) is 9.59 Å². The van der Waals surface area contributed by atoms with Gasteiger partial charge in [-0.15, -0.1) is 0 Å². The number of allylic oxidation sites excluding steroid dienone is 3. The molecule has 0 radical (unpaired) electrons. The summed E-state index contributed by atoms with van der Waals surface area (Å²) in [5, 5.41) is 22.2. The molecule has 0 spiro atoms. The van der Waals surface area contributed by atoms with E-state index in [4.69, 9.17) is 9.47 Å². The molecule has 0 aromatic rings. The highest BCUT2D eigenvalue weighted by atomic mass is 16.6. The normalized spacial score (nSPS) is 38.1. The number of carbonyl (C=O) groups is 2. The highest BCUT2D eigenvalue weighted by Gasteiger charge is 2.56. The second kappa shape index (κ2) is 8.72. The zero-order valence-electron chi connectivity index (χ0n) is 22.7. The molecule has 0 aromatic carbocycles. The summed E-state index contributed by atoms with van der Waals surface area (Å²) in [6.07, 6.45) is 4.75. The third kappa shape index (κ3) is 4.39. The van der Waals surface area contributed by atoms with Crippen molar-refractivity contribution in [1.82, 2.24) is 0 Å². The molecule has 6 heteroatoms. The van der Waals surface area contributed by atoms with Crippen LogP contribution in [0.4, 0.5) is 0 Å². The van der Waals surface area contributed by atoms with Gasteiger partial charge in [-0.25, -0.2) is 0 Å². The van der Waals surface area contributed by atoms with Crippen LogP contribution >= 0.6 is 0 Å². The summed E-state index contributed by atoms with van der Waals surface area (Å²) >= 11 is 0. The van der Waals surface area contributed by atoms with Gasteiger partial charge in [0.25, 0.3) is 0 Å². The average Bonchev–Trinajstić information content (AvgIpc) is 3.55. The Kier molecular flexibility index (Phi) is 6.58. The van der Waals surface area contributed by atoms with Gasteiger partial charge in [0, 0.05) is 23.3 Å². The number of hydrogen-bond acceptors (Lipinski definition) is 6. The van der Waals surface area contributed by atoms with Crippen LogP contribution in [0.3, 0.4) is 0 Å². The van der Waals surface area contributed by atoms with Crippen LogP contribution in [0.5, 0.6) is 0 Å². The zero-order valence-corrected chi connectivity index (χ0v) is 22.7. The highest BCUT2D eigenvalue weighted by molar-refractivity contribution is 6.24. The molecule has 1 saturated carbocycles. The molecule has 2 fully saturated rings. The van der Waals surface area contributed by atoms with Crippen molar-refractivity contribution in [2.24, 2.45) is 29.1 Å². The Morgan fingerprint density at radius 2 is 1.83 bits per heavy atom. The highest BCUT2D eigenvalue weighted by Crippen LogP contribution is 2.54. The molecule has 2 aliphatic carbocycles. The number of ether oxygens (including phenoxy) is 2. The van der Waals surface area contributed by atoms with Gasteiger partial charge in [0.15, 0.2) is 11.6 Å². The molecule has 0 unspecified atom stereocenters. The fourth-order valence-electron chi connectivity index (χ4n) is 6.55. The second-order valence-electron chi connectivity index (χ2n) is 12.9. The molecule has 0 aromatic heterocycles. The summed E-state index contributed by atoms with van der Waals surface area (Å²) in [5.41, 5.74) is -1.88. The van der Waals surface area contributed by atoms with E-state index in [2.05, 4.69) is 13.8 Å². The molecule has 2 aliphatic heterocycles. The summed E-state index contributed by atoms with van der Waals surface area (Å²) < 4.78 is 12.8. The first-order valence-electron chi connectivity index (χ1n) is 13.5. The lowest BCUT2D eigenvalue weighted by Gasteiger charge is -2.49. The molecule has 2 N–H and O–H groups in total. The molecule has 1 saturated heterocycles. The lowest BCUT2D eigenvalue weighted by molar-refractivity contribution is -0.134. The van der Waals surface area contributed by atoms with Crippen molar-refractivity contribution >= 4 is 11.6 Å². The largest absolute Gasteiger partial charge is 0.507 e. The van der Waals surface area contributed by atoms with Gasteiger partial charge >= 0.3 is 0 Å². The van der Waals surface area contributed by atoms with Gasteiger partial charge in [0.1, 0.15) is 22.7 Å². The Labute approximate surface area is 210 Å². The molecule has 196 valence electrons. The van der Waals surface area contributed by atoms with Crippen LogP contribution in [0.1, 0.15) is 93.9 Å². The van der Waals surface area contributed by atoms with E-state index in [9.17, 15) is 19.8 Å². The van der Waals surface area contributed by atoms with Crippen molar-refractivity contribution in [2.45, 2.75) is 117 Å². The third-order valence-electron chi connectivity index (χ3n) is 9.46. The SMILES string of the molecule is CC[C@@H](C)C(=O)C1=C(O)C2=C(O[C@]3(C)CC[C@@H](C(C)(C)O)[C@@H]4O[C@H]4[C@@H](C)CC[C@H]3C2)C(C)(C)C1=O. The van der Waals surface area contributed by atoms with Crippen LogP contribution in [0.25, 0.3) is 0 Å². The molecular formula is C29H44O6. The van der Waals surface area contributed by atoms with Crippen LogP contribution < -0.4 is 0 Å². The van der Waals surface area contributed by atoms with E-state index in [-0.39, 0.29) is 52.9 Å². The fourth-order valence-corrected chi connectivity index (χ4v) is 6.55. The first-order valence-corrected chi connectivity index (χ1v) is 13.5. The van der Waals surface area contributed by atoms with Crippen molar-refractivity contribution < 1.29 is 29.3 Å². The van der Waals surface area contributed by atoms with Crippen LogP contribution in [0, 0.1) is 29.1 Å². The number of fused-ring (bicyclic) bond motifs is 2. The lowest BCUT2D eigenvalue weighted by Crippen LogP contribution is -2.49. The number of carbonyl (C=O) groups excluding carboxylic acids is 2. The molecule has 6 nitrogen and oxygen atoms in total. The first kappa shape index (κ1) is 26.4. The van der Waals surface area contributed by atoms with Crippen molar-refractivity contribution in [1.29, 1.82) is 0 Å². The lowest BCUT2D eigenvalue weighted by atomic mass is 9.66. The van der Waals surface area contributed by atoms with Crippen LogP contribution in [-0.2, 0) is 19.1 Å². The molecule has 4 rings (SSSR count). The van der Waals surface area contributed by atoms with E-state index in [1.54, 1.807) is 20.8 Å². The third-order valence-corrected chi connectivity index (χ3v) is 9.46. The zero-order chi connectivity index (χ0) is 26.1. The van der Waals surface area contributed by atoms with Crippen LogP contribution in [0.2, 0.25) is 0 Å². The Balaban J connectivity index is 1.74. The summed E-state index contributed by atoms with van der Waals surface area (Å²) in [7, 11) is 0. The molecule has 7 atom stereocenters. The molecule has 0 amide bonds. The van der Waals surface area contributed by atoms with E-state index >= 15 is 0 Å². The fraction of sp³-hybridized carbons (Fsp3) is 0.793. The number of aliphatic hydroxyl groups is 2. The van der Waals surface area contributed by atoms with E-state index in [0.717, 1.165) is 25.7 Å². The van der Waals surface area contributed by atoms with Gasteiger partial charge in [0.2, 0.25) is 0 Å². The van der Waals surface area contributed by atoms with Crippen molar-refractivity contribution in [3.8, 4) is 0 Å². The molecule has 2 heterocycles. The molecule has 35 heavy (non-hydrogen) atoms. The number of aliphatic hydroxyl groups excluding tert-OH is 1. The van der Waals surface area contributed by atoms with Crippen LogP contribution in [-0.4, -0.2) is 45.2 Å². The molecule has 0 bridgehead atoms. The predicted octanol–water partition coefficient (Wildman–Crippen LogP) is 5.44. The number of rotatable bonds is 4. The minimum atomic E-state index is -1.03.